The minimum atomic E-state index is -0.344. The van der Waals surface area contributed by atoms with Crippen molar-refractivity contribution in [3.05, 3.63) is 42.0 Å². The van der Waals surface area contributed by atoms with Crippen molar-refractivity contribution in [1.29, 1.82) is 0 Å². The molecule has 1 aromatic carbocycles. The summed E-state index contributed by atoms with van der Waals surface area (Å²) in [6, 6.07) is 5.73. The minimum Gasteiger partial charge on any atom is -0.393 e. The van der Waals surface area contributed by atoms with E-state index >= 15 is 0 Å². The van der Waals surface area contributed by atoms with Crippen molar-refractivity contribution in [1.82, 2.24) is 19.9 Å². The maximum absolute atomic E-state index is 13.0. The molecule has 2 aromatic rings. The van der Waals surface area contributed by atoms with Gasteiger partial charge in [-0.05, 0) is 37.1 Å². The molecule has 1 amide bonds. The zero-order valence-electron chi connectivity index (χ0n) is 13.6. The average Bonchev–Trinajstić information content (AvgIpc) is 3.07. The van der Waals surface area contributed by atoms with Crippen molar-refractivity contribution in [3.63, 3.8) is 0 Å². The van der Waals surface area contributed by atoms with Crippen molar-refractivity contribution in [3.8, 4) is 5.69 Å². The van der Waals surface area contributed by atoms with Crippen LogP contribution in [0.1, 0.15) is 36.2 Å². The van der Waals surface area contributed by atoms with Crippen LogP contribution in [0.2, 0.25) is 0 Å². The van der Waals surface area contributed by atoms with Crippen LogP contribution in [0.5, 0.6) is 0 Å². The molecule has 1 aliphatic carbocycles. The van der Waals surface area contributed by atoms with E-state index in [1.54, 1.807) is 24.1 Å². The van der Waals surface area contributed by atoms with Crippen molar-refractivity contribution < 1.29 is 14.3 Å². The number of benzene rings is 1. The van der Waals surface area contributed by atoms with Crippen molar-refractivity contribution in [2.45, 2.75) is 31.8 Å². The van der Waals surface area contributed by atoms with Gasteiger partial charge in [0.25, 0.3) is 5.91 Å². The number of nitrogens with zero attached hydrogens (tertiary/aromatic N) is 4. The summed E-state index contributed by atoms with van der Waals surface area (Å²) >= 11 is 0. The molecule has 3 rings (SSSR count). The number of aliphatic hydroxyl groups is 1. The highest BCUT2D eigenvalue weighted by molar-refractivity contribution is 5.91. The van der Waals surface area contributed by atoms with Gasteiger partial charge in [-0.15, -0.1) is 5.10 Å². The van der Waals surface area contributed by atoms with Crippen LogP contribution in [0.25, 0.3) is 5.69 Å². The van der Waals surface area contributed by atoms with E-state index in [2.05, 4.69) is 10.2 Å². The highest BCUT2D eigenvalue weighted by atomic mass is 19.1. The van der Waals surface area contributed by atoms with Crippen molar-refractivity contribution in [2.75, 3.05) is 13.6 Å². The van der Waals surface area contributed by atoms with Gasteiger partial charge in [-0.2, -0.15) is 9.90 Å². The smallest absolute Gasteiger partial charge is 0.275 e. The Labute approximate surface area is 139 Å². The summed E-state index contributed by atoms with van der Waals surface area (Å²) in [5.74, 6) is -0.464. The Bertz CT molecular complexity index is 701. The Kier molecular flexibility index (Phi) is 4.89. The van der Waals surface area contributed by atoms with Crippen LogP contribution in [0.3, 0.4) is 0 Å². The second-order valence-corrected chi connectivity index (χ2v) is 6.29. The number of carbonyl (C=O) groups excluding carboxylic acids is 1. The molecule has 1 saturated carbocycles. The van der Waals surface area contributed by atoms with Gasteiger partial charge in [-0.1, -0.05) is 12.8 Å². The first-order valence-corrected chi connectivity index (χ1v) is 8.16. The third kappa shape index (κ3) is 3.62. The summed E-state index contributed by atoms with van der Waals surface area (Å²) in [4.78, 5) is 15.4. The van der Waals surface area contributed by atoms with Crippen LogP contribution in [-0.2, 0) is 0 Å². The fraction of sp³-hybridized carbons (Fsp3) is 0.471. The van der Waals surface area contributed by atoms with Gasteiger partial charge in [-0.25, -0.2) is 4.39 Å². The van der Waals surface area contributed by atoms with Crippen LogP contribution >= 0.6 is 0 Å². The topological polar surface area (TPSA) is 71.2 Å². The van der Waals surface area contributed by atoms with Gasteiger partial charge >= 0.3 is 0 Å². The predicted molar refractivity (Wildman–Crippen MR) is 86.2 cm³/mol. The standard InChI is InChI=1S/C17H21FN4O2/c1-21(11-12-4-2-3-5-16(12)23)17(24)15-10-19-22(20-15)14-8-6-13(18)7-9-14/h6-10,12,16,23H,2-5,11H2,1H3. The van der Waals surface area contributed by atoms with E-state index in [9.17, 15) is 14.3 Å². The molecule has 2 atom stereocenters. The van der Waals surface area contributed by atoms with Crippen molar-refractivity contribution >= 4 is 5.91 Å². The second-order valence-electron chi connectivity index (χ2n) is 6.29. The number of hydrogen-bond donors (Lipinski definition) is 1. The average molecular weight is 332 g/mol. The molecule has 1 fully saturated rings. The zero-order valence-corrected chi connectivity index (χ0v) is 13.6. The first-order valence-electron chi connectivity index (χ1n) is 8.16. The monoisotopic (exact) mass is 332 g/mol. The van der Waals surface area contributed by atoms with Gasteiger partial charge in [0.15, 0.2) is 5.69 Å². The van der Waals surface area contributed by atoms with Crippen LogP contribution in [-0.4, -0.2) is 50.6 Å². The molecule has 0 aliphatic heterocycles. The van der Waals surface area contributed by atoms with Crippen LogP contribution in [0.4, 0.5) is 4.39 Å². The largest absolute Gasteiger partial charge is 0.393 e. The Balaban J connectivity index is 1.67. The number of aliphatic hydroxyl groups excluding tert-OH is 1. The molecule has 1 N–H and O–H groups in total. The number of amides is 1. The van der Waals surface area contributed by atoms with E-state index in [0.717, 1.165) is 25.7 Å². The lowest BCUT2D eigenvalue weighted by Gasteiger charge is -2.30. The highest BCUT2D eigenvalue weighted by Crippen LogP contribution is 2.25. The first kappa shape index (κ1) is 16.6. The molecule has 0 spiro atoms. The van der Waals surface area contributed by atoms with E-state index in [-0.39, 0.29) is 29.4 Å². The summed E-state index contributed by atoms with van der Waals surface area (Å²) in [5.41, 5.74) is 0.813. The summed E-state index contributed by atoms with van der Waals surface area (Å²) in [6.45, 7) is 0.503. The van der Waals surface area contributed by atoms with Gasteiger partial charge in [0.05, 0.1) is 18.0 Å². The third-order valence-corrected chi connectivity index (χ3v) is 4.49. The molecular formula is C17H21FN4O2. The Morgan fingerprint density at radius 2 is 2.04 bits per heavy atom. The van der Waals surface area contributed by atoms with E-state index in [0.29, 0.717) is 12.2 Å². The van der Waals surface area contributed by atoms with Gasteiger partial charge in [-0.3, -0.25) is 4.79 Å². The van der Waals surface area contributed by atoms with E-state index < -0.39 is 0 Å². The summed E-state index contributed by atoms with van der Waals surface area (Å²) in [7, 11) is 1.71. The number of halogens is 1. The molecule has 7 heteroatoms. The molecule has 2 unspecified atom stereocenters. The predicted octanol–water partition coefficient (Wildman–Crippen LogP) is 2.03. The molecule has 6 nitrogen and oxygen atoms in total. The van der Waals surface area contributed by atoms with Gasteiger partial charge in [0.2, 0.25) is 0 Å². The lowest BCUT2D eigenvalue weighted by Crippen LogP contribution is -2.38. The molecule has 1 heterocycles. The fourth-order valence-corrected chi connectivity index (χ4v) is 3.09. The molecule has 24 heavy (non-hydrogen) atoms. The Morgan fingerprint density at radius 3 is 2.75 bits per heavy atom. The van der Waals surface area contributed by atoms with Gasteiger partial charge < -0.3 is 10.0 Å². The van der Waals surface area contributed by atoms with Gasteiger partial charge in [0.1, 0.15) is 5.82 Å². The molecule has 0 bridgehead atoms. The highest BCUT2D eigenvalue weighted by Gasteiger charge is 2.26. The third-order valence-electron chi connectivity index (χ3n) is 4.49. The fourth-order valence-electron chi connectivity index (χ4n) is 3.09. The lowest BCUT2D eigenvalue weighted by molar-refractivity contribution is 0.0448. The minimum absolute atomic E-state index is 0.111. The normalized spacial score (nSPS) is 20.8. The van der Waals surface area contributed by atoms with Crippen molar-refractivity contribution in [2.24, 2.45) is 5.92 Å². The number of aromatic nitrogens is 3. The van der Waals surface area contributed by atoms with E-state index in [4.69, 9.17) is 0 Å². The SMILES string of the molecule is CN(CC1CCCCC1O)C(=O)c1cnn(-c2ccc(F)cc2)n1. The number of hydrogen-bond acceptors (Lipinski definition) is 4. The maximum atomic E-state index is 13.0. The van der Waals surface area contributed by atoms with E-state index in [1.165, 1.54) is 23.1 Å². The lowest BCUT2D eigenvalue weighted by atomic mass is 9.86. The van der Waals surface area contributed by atoms with E-state index in [1.807, 2.05) is 0 Å². The number of carbonyl (C=O) groups is 1. The second kappa shape index (κ2) is 7.09. The molecule has 128 valence electrons. The molecule has 1 aliphatic rings. The molecular weight excluding hydrogens is 311 g/mol. The molecule has 1 aromatic heterocycles. The molecule has 0 radical (unpaired) electrons. The van der Waals surface area contributed by atoms with Crippen LogP contribution < -0.4 is 0 Å². The number of rotatable bonds is 4. The zero-order chi connectivity index (χ0) is 17.1. The molecule has 0 saturated heterocycles. The Morgan fingerprint density at radius 1 is 1.33 bits per heavy atom. The summed E-state index contributed by atoms with van der Waals surface area (Å²) in [5, 5.41) is 18.3. The quantitative estimate of drug-likeness (QED) is 0.930. The summed E-state index contributed by atoms with van der Waals surface area (Å²) < 4.78 is 13.0. The van der Waals surface area contributed by atoms with Gasteiger partial charge in [0, 0.05) is 19.5 Å². The van der Waals surface area contributed by atoms with Crippen LogP contribution in [0.15, 0.2) is 30.5 Å². The first-order chi connectivity index (χ1) is 11.5. The maximum Gasteiger partial charge on any atom is 0.275 e. The van der Waals surface area contributed by atoms with Crippen LogP contribution in [0, 0.1) is 11.7 Å². The Hall–Kier alpha value is -2.28. The summed E-state index contributed by atoms with van der Waals surface area (Å²) in [6.07, 6.45) is 4.92.